The van der Waals surface area contributed by atoms with E-state index in [1.165, 1.54) is 54.5 Å². The van der Waals surface area contributed by atoms with E-state index in [-0.39, 0.29) is 0 Å². The maximum atomic E-state index is 3.70. The predicted octanol–water partition coefficient (Wildman–Crippen LogP) is 4.11. The van der Waals surface area contributed by atoms with Crippen LogP contribution in [0.3, 0.4) is 0 Å². The van der Waals surface area contributed by atoms with Gasteiger partial charge in [0, 0.05) is 23.8 Å². The van der Waals surface area contributed by atoms with Gasteiger partial charge in [-0.3, -0.25) is 0 Å². The van der Waals surface area contributed by atoms with Crippen LogP contribution in [-0.2, 0) is 0 Å². The zero-order chi connectivity index (χ0) is 15.0. The van der Waals surface area contributed by atoms with Gasteiger partial charge in [0.25, 0.3) is 0 Å². The van der Waals surface area contributed by atoms with Gasteiger partial charge < -0.3 is 10.2 Å². The normalized spacial score (nSPS) is 28.8. The Balaban J connectivity index is 1.92. The highest BCUT2D eigenvalue weighted by molar-refractivity contribution is 5.62. The van der Waals surface area contributed by atoms with Crippen LogP contribution in [0.1, 0.15) is 55.7 Å². The number of anilines is 1. The first-order chi connectivity index (χ1) is 10.1. The largest absolute Gasteiger partial charge is 0.365 e. The number of aryl methyl sites for hydroxylation is 3. The molecule has 2 heteroatoms. The van der Waals surface area contributed by atoms with Gasteiger partial charge in [-0.15, -0.1) is 0 Å². The molecular formula is C19H30N2. The van der Waals surface area contributed by atoms with Gasteiger partial charge in [0.1, 0.15) is 0 Å². The van der Waals surface area contributed by atoms with E-state index in [9.17, 15) is 0 Å². The minimum Gasteiger partial charge on any atom is -0.365 e. The Morgan fingerprint density at radius 3 is 2.14 bits per heavy atom. The standard InChI is InChI=1S/C19H30N2/c1-5-20-16-11-17-7-6-8-18(12-16)21(17)19-14(3)9-13(2)10-15(19)4/h9-10,16-18,20H,5-8,11-12H2,1-4H3. The first kappa shape index (κ1) is 14.9. The maximum absolute atomic E-state index is 3.70. The number of piperidine rings is 2. The molecule has 1 N–H and O–H groups in total. The molecule has 3 rings (SSSR count). The van der Waals surface area contributed by atoms with Crippen molar-refractivity contribution in [1.82, 2.24) is 5.32 Å². The van der Waals surface area contributed by atoms with Gasteiger partial charge in [0.15, 0.2) is 0 Å². The van der Waals surface area contributed by atoms with Crippen LogP contribution >= 0.6 is 0 Å². The zero-order valence-corrected chi connectivity index (χ0v) is 14.1. The van der Waals surface area contributed by atoms with Crippen LogP contribution in [0.5, 0.6) is 0 Å². The molecule has 2 heterocycles. The molecular weight excluding hydrogens is 256 g/mol. The third-order valence-corrected chi connectivity index (χ3v) is 5.36. The lowest BCUT2D eigenvalue weighted by Gasteiger charge is -2.51. The van der Waals surface area contributed by atoms with Crippen molar-refractivity contribution < 1.29 is 0 Å². The second kappa shape index (κ2) is 6.00. The van der Waals surface area contributed by atoms with Gasteiger partial charge >= 0.3 is 0 Å². The third-order valence-electron chi connectivity index (χ3n) is 5.36. The van der Waals surface area contributed by atoms with Crippen LogP contribution in [0.4, 0.5) is 5.69 Å². The first-order valence-electron chi connectivity index (χ1n) is 8.69. The van der Waals surface area contributed by atoms with E-state index >= 15 is 0 Å². The molecule has 0 spiro atoms. The lowest BCUT2D eigenvalue weighted by Crippen LogP contribution is -2.56. The Labute approximate surface area is 129 Å². The minimum atomic E-state index is 0.729. The molecule has 116 valence electrons. The van der Waals surface area contributed by atoms with Crippen molar-refractivity contribution in [3.63, 3.8) is 0 Å². The molecule has 2 nitrogen and oxygen atoms in total. The molecule has 1 aromatic rings. The Morgan fingerprint density at radius 2 is 1.62 bits per heavy atom. The molecule has 0 saturated carbocycles. The smallest absolute Gasteiger partial charge is 0.0430 e. The SMILES string of the molecule is CCNC1CC2CCCC(C1)N2c1c(C)cc(C)cc1C. The van der Waals surface area contributed by atoms with Crippen LogP contribution in [0.25, 0.3) is 0 Å². The highest BCUT2D eigenvalue weighted by Gasteiger charge is 2.38. The summed E-state index contributed by atoms with van der Waals surface area (Å²) in [5, 5.41) is 3.70. The van der Waals surface area contributed by atoms with Gasteiger partial charge in [-0.1, -0.05) is 24.6 Å². The molecule has 2 bridgehead atoms. The van der Waals surface area contributed by atoms with E-state index in [4.69, 9.17) is 0 Å². The molecule has 2 aliphatic rings. The van der Waals surface area contributed by atoms with E-state index in [1.54, 1.807) is 0 Å². The summed E-state index contributed by atoms with van der Waals surface area (Å²) in [5.41, 5.74) is 5.85. The highest BCUT2D eigenvalue weighted by atomic mass is 15.2. The van der Waals surface area contributed by atoms with Crippen LogP contribution in [0.2, 0.25) is 0 Å². The van der Waals surface area contributed by atoms with E-state index in [0.29, 0.717) is 0 Å². The topological polar surface area (TPSA) is 15.3 Å². The quantitative estimate of drug-likeness (QED) is 0.899. The van der Waals surface area contributed by atoms with Crippen LogP contribution in [-0.4, -0.2) is 24.7 Å². The molecule has 2 unspecified atom stereocenters. The molecule has 2 saturated heterocycles. The summed E-state index contributed by atoms with van der Waals surface area (Å²) in [7, 11) is 0. The molecule has 0 aromatic heterocycles. The number of benzene rings is 1. The van der Waals surface area contributed by atoms with E-state index in [2.05, 4.69) is 50.0 Å². The van der Waals surface area contributed by atoms with Gasteiger partial charge in [0.05, 0.1) is 0 Å². The maximum Gasteiger partial charge on any atom is 0.0430 e. The molecule has 0 amide bonds. The van der Waals surface area contributed by atoms with Crippen LogP contribution in [0, 0.1) is 20.8 Å². The summed E-state index contributed by atoms with van der Waals surface area (Å²) in [5.74, 6) is 0. The molecule has 1 aromatic carbocycles. The third kappa shape index (κ3) is 2.83. The van der Waals surface area contributed by atoms with Gasteiger partial charge in [0.2, 0.25) is 0 Å². The summed E-state index contributed by atoms with van der Waals surface area (Å²) < 4.78 is 0. The Kier molecular flexibility index (Phi) is 4.26. The lowest BCUT2D eigenvalue weighted by molar-refractivity contribution is 0.247. The minimum absolute atomic E-state index is 0.729. The van der Waals surface area contributed by atoms with Gasteiger partial charge in [-0.2, -0.15) is 0 Å². The average molecular weight is 286 g/mol. The van der Waals surface area contributed by atoms with Crippen molar-refractivity contribution in [3.05, 3.63) is 28.8 Å². The average Bonchev–Trinajstić information content (AvgIpc) is 2.38. The monoisotopic (exact) mass is 286 g/mol. The molecule has 0 aliphatic carbocycles. The fraction of sp³-hybridized carbons (Fsp3) is 0.684. The second-order valence-electron chi connectivity index (χ2n) is 7.12. The van der Waals surface area contributed by atoms with Crippen molar-refractivity contribution in [2.75, 3.05) is 11.4 Å². The molecule has 2 atom stereocenters. The number of hydrogen-bond acceptors (Lipinski definition) is 2. The molecule has 2 aliphatic heterocycles. The number of hydrogen-bond donors (Lipinski definition) is 1. The Morgan fingerprint density at radius 1 is 1.05 bits per heavy atom. The van der Waals surface area contributed by atoms with E-state index in [0.717, 1.165) is 24.7 Å². The zero-order valence-electron chi connectivity index (χ0n) is 14.1. The molecule has 2 fully saturated rings. The van der Waals surface area contributed by atoms with Crippen molar-refractivity contribution >= 4 is 5.69 Å². The summed E-state index contributed by atoms with van der Waals surface area (Å²) in [6.45, 7) is 10.1. The van der Waals surface area contributed by atoms with Crippen molar-refractivity contribution in [2.24, 2.45) is 0 Å². The Hall–Kier alpha value is -1.02. The molecule has 0 radical (unpaired) electrons. The fourth-order valence-corrected chi connectivity index (χ4v) is 4.78. The lowest BCUT2D eigenvalue weighted by atomic mass is 9.80. The molecule has 21 heavy (non-hydrogen) atoms. The predicted molar refractivity (Wildman–Crippen MR) is 91.3 cm³/mol. The number of nitrogens with zero attached hydrogens (tertiary/aromatic N) is 1. The van der Waals surface area contributed by atoms with E-state index < -0.39 is 0 Å². The van der Waals surface area contributed by atoms with Gasteiger partial charge in [-0.05, 0) is 70.5 Å². The number of nitrogens with one attached hydrogen (secondary N) is 1. The van der Waals surface area contributed by atoms with Crippen molar-refractivity contribution in [1.29, 1.82) is 0 Å². The summed E-state index contributed by atoms with van der Waals surface area (Å²) in [6.07, 6.45) is 6.78. The second-order valence-corrected chi connectivity index (χ2v) is 7.12. The van der Waals surface area contributed by atoms with E-state index in [1.807, 2.05) is 0 Å². The van der Waals surface area contributed by atoms with Crippen LogP contribution in [0.15, 0.2) is 12.1 Å². The summed E-state index contributed by atoms with van der Waals surface area (Å²) in [4.78, 5) is 2.79. The van der Waals surface area contributed by atoms with Gasteiger partial charge in [-0.25, -0.2) is 0 Å². The summed E-state index contributed by atoms with van der Waals surface area (Å²) in [6, 6.07) is 6.92. The Bertz CT molecular complexity index is 471. The van der Waals surface area contributed by atoms with Crippen molar-refractivity contribution in [3.8, 4) is 0 Å². The highest BCUT2D eigenvalue weighted by Crippen LogP contribution is 2.40. The van der Waals surface area contributed by atoms with Crippen molar-refractivity contribution in [2.45, 2.75) is 77.9 Å². The summed E-state index contributed by atoms with van der Waals surface area (Å²) >= 11 is 0. The number of fused-ring (bicyclic) bond motifs is 2. The van der Waals surface area contributed by atoms with Crippen LogP contribution < -0.4 is 10.2 Å². The fourth-order valence-electron chi connectivity index (χ4n) is 4.78. The first-order valence-corrected chi connectivity index (χ1v) is 8.69. The number of rotatable bonds is 3.